The fourth-order valence-corrected chi connectivity index (χ4v) is 1.23. The lowest BCUT2D eigenvalue weighted by atomic mass is 10.1. The number of hydrogen-bond acceptors (Lipinski definition) is 3. The molecular weight excluding hydrogens is 168 g/mol. The molecule has 13 heavy (non-hydrogen) atoms. The molecule has 1 N–H and O–H groups in total. The van der Waals surface area contributed by atoms with Crippen molar-refractivity contribution in [2.24, 2.45) is 0 Å². The summed E-state index contributed by atoms with van der Waals surface area (Å²) in [6, 6.07) is 9.27. The molecule has 0 saturated heterocycles. The van der Waals surface area contributed by atoms with E-state index < -0.39 is 12.1 Å². The Morgan fingerprint density at radius 2 is 1.92 bits per heavy atom. The summed E-state index contributed by atoms with van der Waals surface area (Å²) in [5, 5.41) is 9.02. The van der Waals surface area contributed by atoms with Crippen molar-refractivity contribution in [3.63, 3.8) is 0 Å². The zero-order chi connectivity index (χ0) is 9.26. The molecule has 0 fully saturated rings. The normalized spacial score (nSPS) is 21.1. The van der Waals surface area contributed by atoms with Crippen molar-refractivity contribution in [3.8, 4) is 0 Å². The van der Waals surface area contributed by atoms with E-state index in [4.69, 9.17) is 9.84 Å². The molecule has 1 aliphatic heterocycles. The van der Waals surface area contributed by atoms with Crippen LogP contribution in [0.5, 0.6) is 0 Å². The van der Waals surface area contributed by atoms with Crippen LogP contribution in [0.25, 0.3) is 0 Å². The van der Waals surface area contributed by atoms with Crippen molar-refractivity contribution in [2.75, 3.05) is 0 Å². The number of esters is 1. The number of carbonyl (C=O) groups excluding carboxylic acids is 1. The van der Waals surface area contributed by atoms with Crippen LogP contribution < -0.4 is 0 Å². The molecule has 0 aromatic heterocycles. The number of carbonyl (C=O) groups is 1. The molecule has 0 spiro atoms. The third-order valence-electron chi connectivity index (χ3n) is 1.88. The third-order valence-corrected chi connectivity index (χ3v) is 1.88. The molecule has 1 aliphatic rings. The molecule has 0 aliphatic carbocycles. The van der Waals surface area contributed by atoms with Gasteiger partial charge in [-0.25, -0.2) is 4.79 Å². The Morgan fingerprint density at radius 3 is 2.46 bits per heavy atom. The zero-order valence-electron chi connectivity index (χ0n) is 6.81. The fraction of sp³-hybridized carbons (Fsp3) is 0.100. The molecule has 1 aromatic carbocycles. The monoisotopic (exact) mass is 176 g/mol. The van der Waals surface area contributed by atoms with Gasteiger partial charge in [0, 0.05) is 6.08 Å². The van der Waals surface area contributed by atoms with E-state index in [-0.39, 0.29) is 5.76 Å². The summed E-state index contributed by atoms with van der Waals surface area (Å²) in [5.74, 6) is -0.970. The molecule has 0 radical (unpaired) electrons. The maximum atomic E-state index is 10.8. The van der Waals surface area contributed by atoms with Crippen LogP contribution in [0.15, 0.2) is 42.2 Å². The third kappa shape index (κ3) is 1.40. The predicted molar refractivity (Wildman–Crippen MR) is 46.0 cm³/mol. The SMILES string of the molecule is O=C1O[C@H](c2ccccc2)C=C1O. The molecule has 3 heteroatoms. The van der Waals surface area contributed by atoms with Crippen LogP contribution in [0, 0.1) is 0 Å². The lowest BCUT2D eigenvalue weighted by molar-refractivity contribution is -0.142. The van der Waals surface area contributed by atoms with Crippen LogP contribution >= 0.6 is 0 Å². The van der Waals surface area contributed by atoms with Crippen molar-refractivity contribution in [1.29, 1.82) is 0 Å². The second-order valence-corrected chi connectivity index (χ2v) is 2.79. The summed E-state index contributed by atoms with van der Waals surface area (Å²) in [7, 11) is 0. The van der Waals surface area contributed by atoms with Gasteiger partial charge in [-0.05, 0) is 5.56 Å². The first-order chi connectivity index (χ1) is 6.27. The first kappa shape index (κ1) is 7.86. The number of hydrogen-bond donors (Lipinski definition) is 1. The van der Waals surface area contributed by atoms with Gasteiger partial charge >= 0.3 is 5.97 Å². The molecule has 2 rings (SSSR count). The molecule has 0 bridgehead atoms. The summed E-state index contributed by atoms with van der Waals surface area (Å²) in [5.41, 5.74) is 0.861. The largest absolute Gasteiger partial charge is 0.502 e. The lowest BCUT2D eigenvalue weighted by Crippen LogP contribution is -2.01. The average molecular weight is 176 g/mol. The fourth-order valence-electron chi connectivity index (χ4n) is 1.23. The smallest absolute Gasteiger partial charge is 0.374 e. The van der Waals surface area contributed by atoms with Crippen molar-refractivity contribution in [2.45, 2.75) is 6.10 Å². The topological polar surface area (TPSA) is 46.5 Å². The molecule has 1 heterocycles. The second kappa shape index (κ2) is 2.94. The molecular formula is C10H8O3. The highest BCUT2D eigenvalue weighted by atomic mass is 16.6. The van der Waals surface area contributed by atoms with Crippen molar-refractivity contribution in [1.82, 2.24) is 0 Å². The number of ether oxygens (including phenoxy) is 1. The Kier molecular flexibility index (Phi) is 1.77. The zero-order valence-corrected chi connectivity index (χ0v) is 6.81. The van der Waals surface area contributed by atoms with Crippen molar-refractivity contribution >= 4 is 5.97 Å². The van der Waals surface area contributed by atoms with E-state index in [2.05, 4.69) is 0 Å². The summed E-state index contributed by atoms with van der Waals surface area (Å²) in [6.45, 7) is 0. The number of cyclic esters (lactones) is 1. The maximum Gasteiger partial charge on any atom is 0.374 e. The van der Waals surface area contributed by atoms with E-state index in [0.717, 1.165) is 5.56 Å². The first-order valence-corrected chi connectivity index (χ1v) is 3.94. The molecule has 3 nitrogen and oxygen atoms in total. The van der Waals surface area contributed by atoms with Crippen LogP contribution in [-0.2, 0) is 9.53 Å². The highest BCUT2D eigenvalue weighted by Crippen LogP contribution is 2.25. The molecule has 1 atom stereocenters. The Labute approximate surface area is 75.3 Å². The summed E-state index contributed by atoms with van der Waals surface area (Å²) in [6.07, 6.45) is 0.964. The highest BCUT2D eigenvalue weighted by molar-refractivity contribution is 5.88. The quantitative estimate of drug-likeness (QED) is 0.663. The Hall–Kier alpha value is -1.77. The van der Waals surface area contributed by atoms with Gasteiger partial charge in [-0.1, -0.05) is 30.3 Å². The van der Waals surface area contributed by atoms with Gasteiger partial charge in [-0.2, -0.15) is 0 Å². The number of rotatable bonds is 1. The molecule has 1 aromatic rings. The van der Waals surface area contributed by atoms with Gasteiger partial charge in [0.1, 0.15) is 6.10 Å². The van der Waals surface area contributed by atoms with E-state index in [1.165, 1.54) is 6.08 Å². The van der Waals surface area contributed by atoms with Crippen LogP contribution in [-0.4, -0.2) is 11.1 Å². The maximum absolute atomic E-state index is 10.8. The minimum absolute atomic E-state index is 0.311. The van der Waals surface area contributed by atoms with Gasteiger partial charge in [0.15, 0.2) is 0 Å². The van der Waals surface area contributed by atoms with Gasteiger partial charge in [-0.3, -0.25) is 0 Å². The van der Waals surface area contributed by atoms with Gasteiger partial charge in [-0.15, -0.1) is 0 Å². The van der Waals surface area contributed by atoms with Crippen molar-refractivity contribution < 1.29 is 14.6 Å². The highest BCUT2D eigenvalue weighted by Gasteiger charge is 2.25. The van der Waals surface area contributed by atoms with Crippen LogP contribution in [0.4, 0.5) is 0 Å². The molecule has 0 saturated carbocycles. The van der Waals surface area contributed by atoms with Crippen molar-refractivity contribution in [3.05, 3.63) is 47.7 Å². The minimum Gasteiger partial charge on any atom is -0.502 e. The van der Waals surface area contributed by atoms with Crippen LogP contribution in [0.3, 0.4) is 0 Å². The summed E-state index contributed by atoms with van der Waals surface area (Å²) < 4.78 is 4.88. The number of aliphatic hydroxyl groups is 1. The average Bonchev–Trinajstić information content (AvgIpc) is 2.49. The Morgan fingerprint density at radius 1 is 1.23 bits per heavy atom. The van der Waals surface area contributed by atoms with Gasteiger partial charge in [0.05, 0.1) is 0 Å². The molecule has 66 valence electrons. The van der Waals surface area contributed by atoms with E-state index in [1.807, 2.05) is 30.3 Å². The summed E-state index contributed by atoms with van der Waals surface area (Å²) in [4.78, 5) is 10.8. The number of benzene rings is 1. The second-order valence-electron chi connectivity index (χ2n) is 2.79. The standard InChI is InChI=1S/C10H8O3/c11-8-6-9(13-10(8)12)7-4-2-1-3-5-7/h1-6,9,11H/t9-/m0/s1. The van der Waals surface area contributed by atoms with Crippen LogP contribution in [0.2, 0.25) is 0 Å². The van der Waals surface area contributed by atoms with E-state index in [0.29, 0.717) is 0 Å². The Balaban J connectivity index is 2.27. The number of aliphatic hydroxyl groups excluding tert-OH is 1. The van der Waals surface area contributed by atoms with Gasteiger partial charge in [0.25, 0.3) is 0 Å². The van der Waals surface area contributed by atoms with Crippen LogP contribution in [0.1, 0.15) is 11.7 Å². The molecule has 0 unspecified atom stereocenters. The summed E-state index contributed by atoms with van der Waals surface area (Å²) >= 11 is 0. The van der Waals surface area contributed by atoms with Gasteiger partial charge in [0.2, 0.25) is 5.76 Å². The predicted octanol–water partition coefficient (Wildman–Crippen LogP) is 1.73. The molecule has 0 amide bonds. The van der Waals surface area contributed by atoms with E-state index in [1.54, 1.807) is 0 Å². The minimum atomic E-state index is -0.658. The Bertz CT molecular complexity index is 354. The first-order valence-electron chi connectivity index (χ1n) is 3.94. The van der Waals surface area contributed by atoms with E-state index >= 15 is 0 Å². The lowest BCUT2D eigenvalue weighted by Gasteiger charge is -2.06. The van der Waals surface area contributed by atoms with Gasteiger partial charge < -0.3 is 9.84 Å². The van der Waals surface area contributed by atoms with E-state index in [9.17, 15) is 4.79 Å².